The number of nitrogens with zero attached hydrogens (tertiary/aromatic N) is 1. The SMILES string of the molecule is COc1c(Br)c(F)cc2c(=O)c3c(=O)[nH]sc3n(C3CC3)c12. The summed E-state index contributed by atoms with van der Waals surface area (Å²) in [5.41, 5.74) is -0.358. The zero-order valence-corrected chi connectivity index (χ0v) is 13.8. The van der Waals surface area contributed by atoms with Gasteiger partial charge in [-0.05, 0) is 46.4 Å². The highest BCUT2D eigenvalue weighted by molar-refractivity contribution is 9.10. The summed E-state index contributed by atoms with van der Waals surface area (Å²) in [4.78, 5) is 25.2. The summed E-state index contributed by atoms with van der Waals surface area (Å²) in [5, 5.41) is 0.258. The van der Waals surface area contributed by atoms with Gasteiger partial charge in [0.2, 0.25) is 5.43 Å². The van der Waals surface area contributed by atoms with Crippen molar-refractivity contribution < 1.29 is 9.13 Å². The molecule has 0 atom stereocenters. The van der Waals surface area contributed by atoms with Crippen LogP contribution in [0.25, 0.3) is 21.1 Å². The molecule has 1 aliphatic rings. The highest BCUT2D eigenvalue weighted by Gasteiger charge is 2.31. The number of benzene rings is 1. The minimum atomic E-state index is -0.588. The van der Waals surface area contributed by atoms with E-state index in [0.29, 0.717) is 10.3 Å². The predicted octanol–water partition coefficient (Wildman–Crippen LogP) is 3.15. The number of H-pyrrole nitrogens is 1. The zero-order chi connectivity index (χ0) is 15.6. The van der Waals surface area contributed by atoms with E-state index in [0.717, 1.165) is 24.4 Å². The molecule has 0 saturated heterocycles. The average Bonchev–Trinajstić information content (AvgIpc) is 3.25. The van der Waals surface area contributed by atoms with E-state index in [4.69, 9.17) is 4.74 Å². The number of hydrogen-bond acceptors (Lipinski definition) is 4. The van der Waals surface area contributed by atoms with Crippen molar-refractivity contribution in [3.05, 3.63) is 36.9 Å². The minimum Gasteiger partial charge on any atom is -0.493 e. The van der Waals surface area contributed by atoms with E-state index in [1.807, 2.05) is 4.57 Å². The van der Waals surface area contributed by atoms with Crippen LogP contribution in [0.3, 0.4) is 0 Å². The first-order valence-corrected chi connectivity index (χ1v) is 8.27. The molecule has 114 valence electrons. The lowest BCUT2D eigenvalue weighted by Gasteiger charge is -2.16. The van der Waals surface area contributed by atoms with E-state index >= 15 is 0 Å². The predicted molar refractivity (Wildman–Crippen MR) is 86.7 cm³/mol. The summed E-state index contributed by atoms with van der Waals surface area (Å²) in [6.45, 7) is 0. The number of halogens is 2. The molecule has 0 amide bonds. The minimum absolute atomic E-state index is 0.0909. The van der Waals surface area contributed by atoms with Gasteiger partial charge in [-0.3, -0.25) is 14.0 Å². The lowest BCUT2D eigenvalue weighted by molar-refractivity contribution is 0.410. The van der Waals surface area contributed by atoms with Gasteiger partial charge in [0.05, 0.1) is 22.5 Å². The fourth-order valence-electron chi connectivity index (χ4n) is 2.77. The van der Waals surface area contributed by atoms with Gasteiger partial charge in [-0.1, -0.05) is 0 Å². The van der Waals surface area contributed by atoms with Crippen LogP contribution in [-0.4, -0.2) is 16.1 Å². The lowest BCUT2D eigenvalue weighted by Crippen LogP contribution is -2.16. The summed E-state index contributed by atoms with van der Waals surface area (Å²) in [5.74, 6) is -0.309. The normalized spacial score (nSPS) is 14.9. The summed E-state index contributed by atoms with van der Waals surface area (Å²) in [6, 6.07) is 1.36. The first-order chi connectivity index (χ1) is 10.5. The van der Waals surface area contributed by atoms with Gasteiger partial charge in [0, 0.05) is 6.04 Å². The van der Waals surface area contributed by atoms with Crippen molar-refractivity contribution in [1.29, 1.82) is 0 Å². The van der Waals surface area contributed by atoms with Crippen LogP contribution in [0, 0.1) is 5.82 Å². The number of fused-ring (bicyclic) bond motifs is 2. The molecule has 0 bridgehead atoms. The monoisotopic (exact) mass is 384 g/mol. The van der Waals surface area contributed by atoms with E-state index in [1.165, 1.54) is 13.2 Å². The Balaban J connectivity index is 2.37. The van der Waals surface area contributed by atoms with Crippen LogP contribution in [0.2, 0.25) is 0 Å². The number of hydrogen-bond donors (Lipinski definition) is 1. The van der Waals surface area contributed by atoms with Crippen molar-refractivity contribution in [2.75, 3.05) is 7.11 Å². The Morgan fingerprint density at radius 1 is 1.45 bits per heavy atom. The summed E-state index contributed by atoms with van der Waals surface area (Å²) >= 11 is 4.31. The van der Waals surface area contributed by atoms with Gasteiger partial charge in [-0.2, -0.15) is 0 Å². The van der Waals surface area contributed by atoms with Crippen LogP contribution < -0.4 is 15.7 Å². The smallest absolute Gasteiger partial charge is 0.271 e. The van der Waals surface area contributed by atoms with E-state index in [9.17, 15) is 14.0 Å². The highest BCUT2D eigenvalue weighted by Crippen LogP contribution is 2.44. The summed E-state index contributed by atoms with van der Waals surface area (Å²) < 4.78 is 24.1. The summed E-state index contributed by atoms with van der Waals surface area (Å²) in [7, 11) is 1.43. The first-order valence-electron chi connectivity index (χ1n) is 6.66. The van der Waals surface area contributed by atoms with E-state index < -0.39 is 16.8 Å². The molecule has 1 N–H and O–H groups in total. The van der Waals surface area contributed by atoms with Gasteiger partial charge in [0.25, 0.3) is 5.56 Å². The molecular formula is C14H10BrFN2O3S. The quantitative estimate of drug-likeness (QED) is 0.737. The lowest BCUT2D eigenvalue weighted by atomic mass is 10.1. The third kappa shape index (κ3) is 1.73. The van der Waals surface area contributed by atoms with Crippen LogP contribution >= 0.6 is 27.5 Å². The molecule has 8 heteroatoms. The second-order valence-corrected chi connectivity index (χ2v) is 6.83. The second kappa shape index (κ2) is 4.66. The Hall–Kier alpha value is -1.67. The van der Waals surface area contributed by atoms with Gasteiger partial charge in [0.15, 0.2) is 5.75 Å². The average molecular weight is 385 g/mol. The molecule has 4 rings (SSSR count). The molecule has 5 nitrogen and oxygen atoms in total. The van der Waals surface area contributed by atoms with Crippen molar-refractivity contribution >= 4 is 48.6 Å². The molecule has 1 saturated carbocycles. The molecule has 1 aromatic carbocycles. The third-order valence-corrected chi connectivity index (χ3v) is 5.50. The number of nitrogens with one attached hydrogen (secondary N) is 1. The molecular weight excluding hydrogens is 375 g/mol. The zero-order valence-electron chi connectivity index (χ0n) is 11.4. The number of rotatable bonds is 2. The first kappa shape index (κ1) is 14.0. The van der Waals surface area contributed by atoms with Gasteiger partial charge < -0.3 is 9.30 Å². The maximum absolute atomic E-state index is 14.1. The molecule has 22 heavy (non-hydrogen) atoms. The van der Waals surface area contributed by atoms with E-state index in [1.54, 1.807) is 0 Å². The van der Waals surface area contributed by atoms with Crippen LogP contribution in [0.1, 0.15) is 18.9 Å². The van der Waals surface area contributed by atoms with Gasteiger partial charge in [-0.15, -0.1) is 0 Å². The Kier molecular flexibility index (Phi) is 2.96. The molecule has 1 fully saturated rings. The summed E-state index contributed by atoms with van der Waals surface area (Å²) in [6.07, 6.45) is 1.91. The fraction of sp³-hybridized carbons (Fsp3) is 0.286. The number of aromatic nitrogens is 2. The van der Waals surface area contributed by atoms with E-state index in [-0.39, 0.29) is 27.0 Å². The van der Waals surface area contributed by atoms with Crippen molar-refractivity contribution in [3.63, 3.8) is 0 Å². The maximum Gasteiger partial charge on any atom is 0.271 e. The molecule has 2 heterocycles. The van der Waals surface area contributed by atoms with Gasteiger partial charge in [0.1, 0.15) is 16.0 Å². The highest BCUT2D eigenvalue weighted by atomic mass is 79.9. The Labute approximate surface area is 135 Å². The van der Waals surface area contributed by atoms with Crippen LogP contribution in [0.4, 0.5) is 4.39 Å². The molecule has 3 aromatic rings. The Bertz CT molecular complexity index is 1050. The third-order valence-electron chi connectivity index (χ3n) is 3.88. The van der Waals surface area contributed by atoms with Gasteiger partial charge >= 0.3 is 0 Å². The van der Waals surface area contributed by atoms with E-state index in [2.05, 4.69) is 20.3 Å². The van der Waals surface area contributed by atoms with Crippen LogP contribution in [0.5, 0.6) is 5.75 Å². The molecule has 0 unspecified atom stereocenters. The largest absolute Gasteiger partial charge is 0.493 e. The second-order valence-electron chi connectivity index (χ2n) is 5.25. The van der Waals surface area contributed by atoms with Crippen LogP contribution in [0.15, 0.2) is 20.1 Å². The van der Waals surface area contributed by atoms with Crippen molar-refractivity contribution in [2.24, 2.45) is 0 Å². The van der Waals surface area contributed by atoms with Gasteiger partial charge in [-0.25, -0.2) is 4.39 Å². The number of aromatic amines is 1. The molecule has 0 radical (unpaired) electrons. The standard InChI is InChI=1S/C14H10BrFN2O3S/c1-21-12-9(15)7(16)4-6-10(12)18(5-2-3-5)14-8(11(6)19)13(20)17-22-14/h4-5H,2-3H2,1H3,(H,17,20). The molecule has 2 aromatic heterocycles. The number of pyridine rings is 1. The molecule has 1 aliphatic carbocycles. The van der Waals surface area contributed by atoms with Crippen molar-refractivity contribution in [1.82, 2.24) is 8.94 Å². The Morgan fingerprint density at radius 2 is 2.18 bits per heavy atom. The molecule has 0 spiro atoms. The van der Waals surface area contributed by atoms with Crippen molar-refractivity contribution in [2.45, 2.75) is 18.9 Å². The Morgan fingerprint density at radius 3 is 2.82 bits per heavy atom. The number of methoxy groups -OCH3 is 1. The topological polar surface area (TPSA) is 64.1 Å². The maximum atomic E-state index is 14.1. The van der Waals surface area contributed by atoms with Crippen LogP contribution in [-0.2, 0) is 0 Å². The number of ether oxygens (including phenoxy) is 1. The molecule has 0 aliphatic heterocycles. The van der Waals surface area contributed by atoms with Crippen molar-refractivity contribution in [3.8, 4) is 5.75 Å². The fourth-order valence-corrected chi connectivity index (χ4v) is 4.15.